The highest BCUT2D eigenvalue weighted by Crippen LogP contribution is 2.21. The Labute approximate surface area is 114 Å². The summed E-state index contributed by atoms with van der Waals surface area (Å²) in [4.78, 5) is 28.2. The van der Waals surface area contributed by atoms with E-state index in [-0.39, 0.29) is 23.0 Å². The number of aromatic nitrogens is 6. The first kappa shape index (κ1) is 11.6. The molecule has 0 aliphatic heterocycles. The molecule has 3 N–H and O–H groups in total. The average Bonchev–Trinajstić information content (AvgIpc) is 3.01. The predicted octanol–water partition coefficient (Wildman–Crippen LogP) is 0.830. The van der Waals surface area contributed by atoms with Gasteiger partial charge in [-0.3, -0.25) is 14.5 Å². The number of halogens is 1. The third-order valence-electron chi connectivity index (χ3n) is 3.07. The van der Waals surface area contributed by atoms with Gasteiger partial charge in [-0.25, -0.2) is 14.2 Å². The van der Waals surface area contributed by atoms with E-state index < -0.39 is 11.5 Å². The van der Waals surface area contributed by atoms with E-state index in [1.54, 1.807) is 0 Å². The zero-order chi connectivity index (χ0) is 14.6. The fourth-order valence-electron chi connectivity index (χ4n) is 2.14. The summed E-state index contributed by atoms with van der Waals surface area (Å²) in [5.74, 6) is -0.737. The van der Waals surface area contributed by atoms with E-state index in [0.29, 0.717) is 11.0 Å². The molecule has 3 aromatic heterocycles. The van der Waals surface area contributed by atoms with Gasteiger partial charge >= 0.3 is 5.69 Å². The minimum absolute atomic E-state index is 0.0725. The number of aromatic hydroxyl groups is 1. The molecular weight excluding hydrogens is 279 g/mol. The lowest BCUT2D eigenvalue weighted by Gasteiger charge is -2.03. The molecule has 8 nitrogen and oxygen atoms in total. The van der Waals surface area contributed by atoms with Crippen LogP contribution in [0.15, 0.2) is 29.3 Å². The number of fused-ring (bicyclic) bond motifs is 2. The van der Waals surface area contributed by atoms with Crippen LogP contribution in [0.2, 0.25) is 0 Å². The van der Waals surface area contributed by atoms with Crippen molar-refractivity contribution in [3.8, 4) is 11.8 Å². The first-order chi connectivity index (χ1) is 10.1. The molecule has 1 aromatic carbocycles. The molecule has 21 heavy (non-hydrogen) atoms. The number of hydrogen-bond acceptors (Lipinski definition) is 5. The summed E-state index contributed by atoms with van der Waals surface area (Å²) in [6, 6.07) is 4.11. The number of imidazole rings is 2. The molecule has 104 valence electrons. The maximum Gasteiger partial charge on any atom is 0.325 e. The van der Waals surface area contributed by atoms with Crippen LogP contribution in [0.3, 0.4) is 0 Å². The van der Waals surface area contributed by atoms with E-state index in [1.165, 1.54) is 29.1 Å². The Morgan fingerprint density at radius 2 is 2.10 bits per heavy atom. The van der Waals surface area contributed by atoms with Crippen molar-refractivity contribution in [1.82, 2.24) is 29.5 Å². The van der Waals surface area contributed by atoms with Crippen LogP contribution in [0, 0.1) is 5.82 Å². The largest absolute Gasteiger partial charge is 0.492 e. The van der Waals surface area contributed by atoms with Gasteiger partial charge < -0.3 is 5.11 Å². The molecule has 0 saturated heterocycles. The standard InChI is InChI=1S/C12H7FN6O2/c13-5-1-2-6-7(3-5)19(4-14-6)11-16-9-8(10(20)18-11)15-12(21)17-9/h1-4H,(H3,15,16,17,18,20,21). The number of rotatable bonds is 1. The van der Waals surface area contributed by atoms with Crippen LogP contribution in [0.1, 0.15) is 0 Å². The molecule has 9 heteroatoms. The van der Waals surface area contributed by atoms with E-state index in [0.717, 1.165) is 0 Å². The van der Waals surface area contributed by atoms with Gasteiger partial charge in [-0.2, -0.15) is 9.97 Å². The fraction of sp³-hybridized carbons (Fsp3) is 0. The lowest BCUT2D eigenvalue weighted by Crippen LogP contribution is -2.01. The van der Waals surface area contributed by atoms with Crippen molar-refractivity contribution in [2.45, 2.75) is 0 Å². The molecule has 0 amide bonds. The quantitative estimate of drug-likeness (QED) is 0.479. The van der Waals surface area contributed by atoms with Crippen molar-refractivity contribution in [3.63, 3.8) is 0 Å². The highest BCUT2D eigenvalue weighted by atomic mass is 19.1. The molecule has 0 bridgehead atoms. The minimum atomic E-state index is -0.506. The van der Waals surface area contributed by atoms with Crippen molar-refractivity contribution in [2.75, 3.05) is 0 Å². The zero-order valence-corrected chi connectivity index (χ0v) is 10.3. The monoisotopic (exact) mass is 286 g/mol. The van der Waals surface area contributed by atoms with Crippen LogP contribution >= 0.6 is 0 Å². The normalized spacial score (nSPS) is 11.5. The van der Waals surface area contributed by atoms with Crippen molar-refractivity contribution >= 4 is 22.2 Å². The summed E-state index contributed by atoms with van der Waals surface area (Å²) in [5.41, 5.74) is 0.766. The molecule has 0 spiro atoms. The topological polar surface area (TPSA) is 112 Å². The van der Waals surface area contributed by atoms with Gasteiger partial charge in [0.25, 0.3) is 0 Å². The van der Waals surface area contributed by atoms with Gasteiger partial charge in [0.15, 0.2) is 5.65 Å². The molecule has 0 radical (unpaired) electrons. The Morgan fingerprint density at radius 3 is 2.95 bits per heavy atom. The summed E-state index contributed by atoms with van der Waals surface area (Å²) in [6.07, 6.45) is 1.41. The number of hydrogen-bond donors (Lipinski definition) is 3. The van der Waals surface area contributed by atoms with Crippen molar-refractivity contribution in [1.29, 1.82) is 0 Å². The molecule has 0 saturated carbocycles. The predicted molar refractivity (Wildman–Crippen MR) is 70.8 cm³/mol. The molecule has 0 aliphatic rings. The highest BCUT2D eigenvalue weighted by Gasteiger charge is 2.13. The smallest absolute Gasteiger partial charge is 0.325 e. The summed E-state index contributed by atoms with van der Waals surface area (Å²) < 4.78 is 14.8. The summed E-state index contributed by atoms with van der Waals surface area (Å²) in [5, 5.41) is 9.84. The molecule has 0 fully saturated rings. The molecule has 0 aliphatic carbocycles. The second-order valence-electron chi connectivity index (χ2n) is 4.40. The zero-order valence-electron chi connectivity index (χ0n) is 10.3. The van der Waals surface area contributed by atoms with Crippen LogP contribution in [0.5, 0.6) is 5.88 Å². The average molecular weight is 286 g/mol. The maximum atomic E-state index is 13.4. The molecule has 0 atom stereocenters. The Bertz CT molecular complexity index is 1050. The van der Waals surface area contributed by atoms with Gasteiger partial charge in [0.1, 0.15) is 17.7 Å². The third-order valence-corrected chi connectivity index (χ3v) is 3.07. The molecular formula is C12H7FN6O2. The Morgan fingerprint density at radius 1 is 1.24 bits per heavy atom. The van der Waals surface area contributed by atoms with Crippen LogP contribution in [0.4, 0.5) is 4.39 Å². The molecule has 3 heterocycles. The van der Waals surface area contributed by atoms with Crippen molar-refractivity contribution in [2.24, 2.45) is 0 Å². The van der Waals surface area contributed by atoms with E-state index in [4.69, 9.17) is 0 Å². The molecule has 4 aromatic rings. The first-order valence-electron chi connectivity index (χ1n) is 5.94. The van der Waals surface area contributed by atoms with Gasteiger partial charge in [-0.15, -0.1) is 0 Å². The number of H-pyrrole nitrogens is 2. The summed E-state index contributed by atoms with van der Waals surface area (Å²) in [6.45, 7) is 0. The van der Waals surface area contributed by atoms with E-state index in [2.05, 4.69) is 24.9 Å². The maximum absolute atomic E-state index is 13.4. The fourth-order valence-corrected chi connectivity index (χ4v) is 2.14. The van der Waals surface area contributed by atoms with E-state index in [9.17, 15) is 14.3 Å². The van der Waals surface area contributed by atoms with Crippen LogP contribution < -0.4 is 5.69 Å². The Kier molecular flexibility index (Phi) is 2.14. The number of nitrogens with zero attached hydrogens (tertiary/aromatic N) is 4. The van der Waals surface area contributed by atoms with Crippen LogP contribution in [0.25, 0.3) is 28.1 Å². The first-order valence-corrected chi connectivity index (χ1v) is 5.94. The third kappa shape index (κ3) is 1.67. The van der Waals surface area contributed by atoms with Gasteiger partial charge in [0.05, 0.1) is 11.0 Å². The summed E-state index contributed by atoms with van der Waals surface area (Å²) >= 11 is 0. The molecule has 4 rings (SSSR count). The van der Waals surface area contributed by atoms with Gasteiger partial charge in [-0.05, 0) is 12.1 Å². The lowest BCUT2D eigenvalue weighted by molar-refractivity contribution is 0.457. The van der Waals surface area contributed by atoms with Crippen LogP contribution in [-0.2, 0) is 0 Å². The minimum Gasteiger partial charge on any atom is -0.492 e. The van der Waals surface area contributed by atoms with Crippen LogP contribution in [-0.4, -0.2) is 34.6 Å². The summed E-state index contributed by atoms with van der Waals surface area (Å²) in [7, 11) is 0. The number of aromatic amines is 2. The van der Waals surface area contributed by atoms with Gasteiger partial charge in [-0.1, -0.05) is 0 Å². The lowest BCUT2D eigenvalue weighted by atomic mass is 10.3. The van der Waals surface area contributed by atoms with Crippen molar-refractivity contribution in [3.05, 3.63) is 40.8 Å². The molecule has 0 unspecified atom stereocenters. The van der Waals surface area contributed by atoms with E-state index >= 15 is 0 Å². The van der Waals surface area contributed by atoms with Gasteiger partial charge in [0, 0.05) is 6.07 Å². The second kappa shape index (κ2) is 3.88. The highest BCUT2D eigenvalue weighted by molar-refractivity contribution is 5.79. The Hall–Kier alpha value is -3.23. The van der Waals surface area contributed by atoms with Gasteiger partial charge in [0.2, 0.25) is 11.8 Å². The Balaban J connectivity index is 2.03. The number of benzene rings is 1. The van der Waals surface area contributed by atoms with Crippen molar-refractivity contribution < 1.29 is 9.50 Å². The second-order valence-corrected chi connectivity index (χ2v) is 4.40. The SMILES string of the molecule is O=c1[nH]c2nc(-n3cnc4ccc(F)cc43)nc(O)c2[nH]1. The van der Waals surface area contributed by atoms with E-state index in [1.807, 2.05) is 0 Å². The number of nitrogens with one attached hydrogen (secondary N) is 2.